The van der Waals surface area contributed by atoms with E-state index in [4.69, 9.17) is 0 Å². The maximum atomic E-state index is 12.4. The molecule has 0 amide bonds. The third-order valence-electron chi connectivity index (χ3n) is 3.00. The van der Waals surface area contributed by atoms with Crippen molar-refractivity contribution in [3.63, 3.8) is 0 Å². The molecule has 2 rings (SSSR count). The zero-order valence-corrected chi connectivity index (χ0v) is 11.8. The number of rotatable bonds is 5. The molecule has 5 nitrogen and oxygen atoms in total. The zero-order chi connectivity index (χ0) is 13.9. The Balaban J connectivity index is 2.20. The van der Waals surface area contributed by atoms with Gasteiger partial charge in [-0.1, -0.05) is 19.1 Å². The molecule has 19 heavy (non-hydrogen) atoms. The molecule has 1 heterocycles. The molecule has 0 radical (unpaired) electrons. The Labute approximate surface area is 113 Å². The molecule has 0 saturated carbocycles. The normalized spacial score (nSPS) is 11.9. The Kier molecular flexibility index (Phi) is 4.01. The summed E-state index contributed by atoms with van der Waals surface area (Å²) >= 11 is 0. The van der Waals surface area contributed by atoms with Crippen molar-refractivity contribution >= 4 is 10.0 Å². The lowest BCUT2D eigenvalue weighted by Crippen LogP contribution is -2.26. The maximum absolute atomic E-state index is 12.4. The van der Waals surface area contributed by atoms with Gasteiger partial charge in [-0.15, -0.1) is 0 Å². The number of aromatic nitrogens is 2. The van der Waals surface area contributed by atoms with Crippen LogP contribution in [0.2, 0.25) is 0 Å². The van der Waals surface area contributed by atoms with Gasteiger partial charge in [0.05, 0.1) is 11.1 Å². The summed E-state index contributed by atoms with van der Waals surface area (Å²) in [4.78, 5) is 0.315. The fourth-order valence-electron chi connectivity index (χ4n) is 1.78. The van der Waals surface area contributed by atoms with Gasteiger partial charge in [0.1, 0.15) is 0 Å². The van der Waals surface area contributed by atoms with Gasteiger partial charge in [-0.2, -0.15) is 9.40 Å². The number of nitrogens with zero attached hydrogens (tertiary/aromatic N) is 2. The highest BCUT2D eigenvalue weighted by molar-refractivity contribution is 7.89. The quantitative estimate of drug-likeness (QED) is 0.907. The Morgan fingerprint density at radius 2 is 1.89 bits per heavy atom. The number of hydrogen-bond donors (Lipinski definition) is 1. The van der Waals surface area contributed by atoms with Crippen molar-refractivity contribution in [3.8, 4) is 0 Å². The van der Waals surface area contributed by atoms with Crippen molar-refractivity contribution in [2.75, 3.05) is 7.05 Å². The van der Waals surface area contributed by atoms with Crippen molar-refractivity contribution in [2.24, 2.45) is 0 Å². The third-order valence-corrected chi connectivity index (χ3v) is 4.82. The molecule has 0 atom stereocenters. The minimum Gasteiger partial charge on any atom is -0.285 e. The van der Waals surface area contributed by atoms with E-state index in [0.29, 0.717) is 11.4 Å². The van der Waals surface area contributed by atoms with Gasteiger partial charge in [-0.25, -0.2) is 8.42 Å². The highest BCUT2D eigenvalue weighted by Gasteiger charge is 2.20. The van der Waals surface area contributed by atoms with Gasteiger partial charge in [0.25, 0.3) is 0 Å². The summed E-state index contributed by atoms with van der Waals surface area (Å²) in [5.74, 6) is 0. The molecular weight excluding hydrogens is 262 g/mol. The van der Waals surface area contributed by atoms with Crippen LogP contribution in [0.25, 0.3) is 0 Å². The van der Waals surface area contributed by atoms with E-state index >= 15 is 0 Å². The smallest absolute Gasteiger partial charge is 0.243 e. The van der Waals surface area contributed by atoms with Crippen LogP contribution >= 0.6 is 0 Å². The fraction of sp³-hybridized carbons (Fsp3) is 0.308. The second-order valence-electron chi connectivity index (χ2n) is 4.37. The number of aromatic amines is 1. The molecule has 1 aromatic carbocycles. The van der Waals surface area contributed by atoms with Gasteiger partial charge in [-0.05, 0) is 24.1 Å². The first-order chi connectivity index (χ1) is 9.04. The van der Waals surface area contributed by atoms with E-state index in [1.807, 2.05) is 19.1 Å². The first-order valence-corrected chi connectivity index (χ1v) is 7.51. The third kappa shape index (κ3) is 3.02. The average Bonchev–Trinajstić information content (AvgIpc) is 2.91. The van der Waals surface area contributed by atoms with Crippen molar-refractivity contribution in [3.05, 3.63) is 47.8 Å². The molecule has 102 valence electrons. The van der Waals surface area contributed by atoms with Crippen LogP contribution in [0.3, 0.4) is 0 Å². The van der Waals surface area contributed by atoms with Crippen LogP contribution in [0.15, 0.2) is 41.6 Å². The Morgan fingerprint density at radius 3 is 2.42 bits per heavy atom. The van der Waals surface area contributed by atoms with E-state index in [1.54, 1.807) is 31.6 Å². The van der Waals surface area contributed by atoms with E-state index < -0.39 is 10.0 Å². The van der Waals surface area contributed by atoms with Crippen molar-refractivity contribution in [1.29, 1.82) is 0 Å². The van der Waals surface area contributed by atoms with Crippen LogP contribution in [0.5, 0.6) is 0 Å². The van der Waals surface area contributed by atoms with E-state index in [9.17, 15) is 8.42 Å². The topological polar surface area (TPSA) is 66.1 Å². The Bertz CT molecular complexity index is 618. The summed E-state index contributed by atoms with van der Waals surface area (Å²) in [6.07, 6.45) is 4.20. The van der Waals surface area contributed by atoms with Crippen LogP contribution in [0, 0.1) is 0 Å². The lowest BCUT2D eigenvalue weighted by molar-refractivity contribution is 0.467. The van der Waals surface area contributed by atoms with Crippen LogP contribution in [0.4, 0.5) is 0 Å². The number of aryl methyl sites for hydroxylation is 1. The number of nitrogens with one attached hydrogen (secondary N) is 1. The van der Waals surface area contributed by atoms with E-state index in [2.05, 4.69) is 10.2 Å². The standard InChI is InChI=1S/C13H17N3O2S/c1-3-11-4-6-13(7-5-11)19(17,18)16(2)10-12-8-14-15-9-12/h4-9H,3,10H2,1-2H3,(H,14,15). The summed E-state index contributed by atoms with van der Waals surface area (Å²) in [6, 6.07) is 7.00. The van der Waals surface area contributed by atoms with Crippen molar-refractivity contribution < 1.29 is 8.42 Å². The molecule has 0 aliphatic carbocycles. The molecular formula is C13H17N3O2S. The van der Waals surface area contributed by atoms with Gasteiger partial charge < -0.3 is 0 Å². The predicted octanol–water partition coefficient (Wildman–Crippen LogP) is 1.79. The highest BCUT2D eigenvalue weighted by Crippen LogP contribution is 2.17. The van der Waals surface area contributed by atoms with Crippen molar-refractivity contribution in [2.45, 2.75) is 24.8 Å². The maximum Gasteiger partial charge on any atom is 0.243 e. The summed E-state index contributed by atoms with van der Waals surface area (Å²) in [6.45, 7) is 2.34. The fourth-order valence-corrected chi connectivity index (χ4v) is 2.94. The van der Waals surface area contributed by atoms with Crippen LogP contribution in [0.1, 0.15) is 18.1 Å². The molecule has 0 spiro atoms. The molecule has 0 fully saturated rings. The second kappa shape index (κ2) is 5.54. The second-order valence-corrected chi connectivity index (χ2v) is 6.41. The Hall–Kier alpha value is -1.66. The number of H-pyrrole nitrogens is 1. The van der Waals surface area contributed by atoms with Gasteiger partial charge in [0.15, 0.2) is 0 Å². The first-order valence-electron chi connectivity index (χ1n) is 6.07. The van der Waals surface area contributed by atoms with E-state index in [-0.39, 0.29) is 0 Å². The molecule has 0 aliphatic heterocycles. The zero-order valence-electron chi connectivity index (χ0n) is 11.0. The van der Waals surface area contributed by atoms with Crippen LogP contribution < -0.4 is 0 Å². The number of hydrogen-bond acceptors (Lipinski definition) is 3. The van der Waals surface area contributed by atoms with Crippen molar-refractivity contribution in [1.82, 2.24) is 14.5 Å². The van der Waals surface area contributed by atoms with E-state index in [0.717, 1.165) is 17.5 Å². The largest absolute Gasteiger partial charge is 0.285 e. The molecule has 1 aromatic heterocycles. The summed E-state index contributed by atoms with van der Waals surface area (Å²) in [5, 5.41) is 6.48. The van der Waals surface area contributed by atoms with E-state index in [1.165, 1.54) is 4.31 Å². The molecule has 2 aromatic rings. The minimum absolute atomic E-state index is 0.300. The van der Waals surface area contributed by atoms with Gasteiger partial charge >= 0.3 is 0 Å². The molecule has 0 saturated heterocycles. The van der Waals surface area contributed by atoms with Crippen LogP contribution in [-0.2, 0) is 23.0 Å². The summed E-state index contributed by atoms with van der Waals surface area (Å²) in [7, 11) is -1.88. The predicted molar refractivity (Wildman–Crippen MR) is 73.1 cm³/mol. The van der Waals surface area contributed by atoms with Gasteiger partial charge in [0, 0.05) is 25.4 Å². The summed E-state index contributed by atoms with van der Waals surface area (Å²) in [5.41, 5.74) is 1.95. The number of sulfonamides is 1. The Morgan fingerprint density at radius 1 is 1.21 bits per heavy atom. The molecule has 1 N–H and O–H groups in total. The number of benzene rings is 1. The summed E-state index contributed by atoms with van der Waals surface area (Å²) < 4.78 is 26.0. The van der Waals surface area contributed by atoms with Crippen LogP contribution in [-0.4, -0.2) is 30.0 Å². The molecule has 0 aliphatic rings. The molecule has 6 heteroatoms. The average molecular weight is 279 g/mol. The molecule has 0 unspecified atom stereocenters. The molecule has 0 bridgehead atoms. The highest BCUT2D eigenvalue weighted by atomic mass is 32.2. The first kappa shape index (κ1) is 13.8. The SMILES string of the molecule is CCc1ccc(S(=O)(=O)N(C)Cc2cn[nH]c2)cc1. The minimum atomic E-state index is -3.45. The monoisotopic (exact) mass is 279 g/mol. The lowest BCUT2D eigenvalue weighted by atomic mass is 10.2. The van der Waals surface area contributed by atoms with Gasteiger partial charge in [0.2, 0.25) is 10.0 Å². The lowest BCUT2D eigenvalue weighted by Gasteiger charge is -2.16. The van der Waals surface area contributed by atoms with Gasteiger partial charge in [-0.3, -0.25) is 5.10 Å².